The number of methoxy groups -OCH3 is 1. The normalized spacial score (nSPS) is 22.5. The summed E-state index contributed by atoms with van der Waals surface area (Å²) in [6, 6.07) is 14.3. The molecule has 2 atom stereocenters. The van der Waals surface area contributed by atoms with Crippen LogP contribution >= 0.6 is 0 Å². The van der Waals surface area contributed by atoms with Crippen LogP contribution < -0.4 is 4.74 Å². The molecule has 2 unspecified atom stereocenters. The number of hydrogen-bond donors (Lipinski definition) is 0. The maximum Gasteiger partial charge on any atom is 0.254 e. The van der Waals surface area contributed by atoms with Crippen LogP contribution in [0, 0.1) is 0 Å². The number of sulfonamides is 1. The fraction of sp³-hybridized carbons (Fsp3) is 0.435. The van der Waals surface area contributed by atoms with Gasteiger partial charge in [0.15, 0.2) is 0 Å². The third-order valence-electron chi connectivity index (χ3n) is 5.72. The van der Waals surface area contributed by atoms with Gasteiger partial charge in [-0.25, -0.2) is 8.42 Å². The third-order valence-corrected chi connectivity index (χ3v) is 7.64. The highest BCUT2D eigenvalue weighted by atomic mass is 32.2. The Morgan fingerprint density at radius 2 is 1.78 bits per heavy atom. The molecule has 172 valence electrons. The Morgan fingerprint density at radius 3 is 2.47 bits per heavy atom. The zero-order chi connectivity index (χ0) is 22.7. The van der Waals surface area contributed by atoms with Crippen LogP contribution in [0.2, 0.25) is 0 Å². The minimum absolute atomic E-state index is 0.00586. The molecule has 0 spiro atoms. The third kappa shape index (κ3) is 4.66. The molecule has 0 N–H and O–H groups in total. The van der Waals surface area contributed by atoms with Crippen LogP contribution in [0.1, 0.15) is 28.9 Å². The predicted octanol–water partition coefficient (Wildman–Crippen LogP) is 2.32. The SMILES string of the molecule is COc1ccc(C(=O)N2CC(C)OC(c3ccccc3)C2)cc1S(=O)(=O)N1CCOCC1. The van der Waals surface area contributed by atoms with Gasteiger partial charge < -0.3 is 19.1 Å². The van der Waals surface area contributed by atoms with Gasteiger partial charge in [0.25, 0.3) is 5.91 Å². The first-order chi connectivity index (χ1) is 15.4. The van der Waals surface area contributed by atoms with E-state index in [-0.39, 0.29) is 41.8 Å². The zero-order valence-corrected chi connectivity index (χ0v) is 19.1. The topological polar surface area (TPSA) is 85.4 Å². The van der Waals surface area contributed by atoms with E-state index in [1.54, 1.807) is 17.0 Å². The molecular weight excluding hydrogens is 432 g/mol. The zero-order valence-electron chi connectivity index (χ0n) is 18.3. The van der Waals surface area contributed by atoms with Crippen molar-refractivity contribution in [2.75, 3.05) is 46.5 Å². The summed E-state index contributed by atoms with van der Waals surface area (Å²) in [5.74, 6) is -0.0206. The number of benzene rings is 2. The Balaban J connectivity index is 1.62. The van der Waals surface area contributed by atoms with Crippen molar-refractivity contribution in [1.29, 1.82) is 0 Å². The largest absolute Gasteiger partial charge is 0.495 e. The highest BCUT2D eigenvalue weighted by molar-refractivity contribution is 7.89. The van der Waals surface area contributed by atoms with E-state index in [0.29, 0.717) is 31.9 Å². The Kier molecular flexibility index (Phi) is 6.80. The molecule has 4 rings (SSSR count). The van der Waals surface area contributed by atoms with Crippen molar-refractivity contribution in [1.82, 2.24) is 9.21 Å². The minimum atomic E-state index is -3.82. The number of carbonyl (C=O) groups excluding carboxylic acids is 1. The van der Waals surface area contributed by atoms with E-state index in [1.165, 1.54) is 17.5 Å². The number of nitrogens with zero attached hydrogens (tertiary/aromatic N) is 2. The molecule has 8 nitrogen and oxygen atoms in total. The smallest absolute Gasteiger partial charge is 0.254 e. The fourth-order valence-electron chi connectivity index (χ4n) is 4.09. The highest BCUT2D eigenvalue weighted by Crippen LogP contribution is 2.30. The van der Waals surface area contributed by atoms with Gasteiger partial charge in [-0.15, -0.1) is 0 Å². The van der Waals surface area contributed by atoms with Crippen LogP contribution in [-0.4, -0.2) is 76.1 Å². The van der Waals surface area contributed by atoms with E-state index < -0.39 is 10.0 Å². The molecule has 1 amide bonds. The second-order valence-corrected chi connectivity index (χ2v) is 9.84. The lowest BCUT2D eigenvalue weighted by Crippen LogP contribution is -2.46. The van der Waals surface area contributed by atoms with Gasteiger partial charge >= 0.3 is 0 Å². The number of ether oxygens (including phenoxy) is 3. The van der Waals surface area contributed by atoms with Crippen LogP contribution in [0.4, 0.5) is 0 Å². The minimum Gasteiger partial charge on any atom is -0.495 e. The van der Waals surface area contributed by atoms with Crippen LogP contribution in [0.5, 0.6) is 5.75 Å². The summed E-state index contributed by atoms with van der Waals surface area (Å²) in [4.78, 5) is 15.1. The standard InChI is InChI=1S/C23H28N2O6S/c1-17-15-24(16-21(31-17)18-6-4-3-5-7-18)23(26)19-8-9-20(29-2)22(14-19)32(27,28)25-10-12-30-13-11-25/h3-9,14,17,21H,10-13,15-16H2,1-2H3. The molecule has 0 radical (unpaired) electrons. The highest BCUT2D eigenvalue weighted by Gasteiger charge is 2.33. The predicted molar refractivity (Wildman–Crippen MR) is 118 cm³/mol. The van der Waals surface area contributed by atoms with Crippen LogP contribution in [-0.2, 0) is 19.5 Å². The molecule has 2 aliphatic rings. The molecule has 0 bridgehead atoms. The molecule has 2 aliphatic heterocycles. The quantitative estimate of drug-likeness (QED) is 0.681. The van der Waals surface area contributed by atoms with E-state index in [1.807, 2.05) is 37.3 Å². The first-order valence-corrected chi connectivity index (χ1v) is 12.1. The molecule has 2 saturated heterocycles. The molecule has 2 aromatic carbocycles. The van der Waals surface area contributed by atoms with Crippen molar-refractivity contribution in [3.8, 4) is 5.75 Å². The Labute approximate surface area is 188 Å². The summed E-state index contributed by atoms with van der Waals surface area (Å²) in [6.45, 7) is 3.97. The van der Waals surface area contributed by atoms with Gasteiger partial charge in [-0.3, -0.25) is 4.79 Å². The van der Waals surface area contributed by atoms with Crippen molar-refractivity contribution in [3.05, 3.63) is 59.7 Å². The van der Waals surface area contributed by atoms with Gasteiger partial charge in [0.1, 0.15) is 16.7 Å². The monoisotopic (exact) mass is 460 g/mol. The number of hydrogen-bond acceptors (Lipinski definition) is 6. The summed E-state index contributed by atoms with van der Waals surface area (Å²) >= 11 is 0. The van der Waals surface area contributed by atoms with Gasteiger partial charge in [0, 0.05) is 25.2 Å². The second kappa shape index (κ2) is 9.58. The number of rotatable bonds is 5. The average Bonchev–Trinajstić information content (AvgIpc) is 2.84. The van der Waals surface area contributed by atoms with E-state index in [2.05, 4.69) is 0 Å². The van der Waals surface area contributed by atoms with E-state index >= 15 is 0 Å². The van der Waals surface area contributed by atoms with Crippen LogP contribution in [0.25, 0.3) is 0 Å². The molecule has 0 aliphatic carbocycles. The van der Waals surface area contributed by atoms with E-state index in [4.69, 9.17) is 14.2 Å². The molecule has 2 aromatic rings. The average molecular weight is 461 g/mol. The number of morpholine rings is 2. The molecule has 0 saturated carbocycles. The van der Waals surface area contributed by atoms with Crippen molar-refractivity contribution >= 4 is 15.9 Å². The van der Waals surface area contributed by atoms with E-state index in [0.717, 1.165) is 5.56 Å². The molecule has 32 heavy (non-hydrogen) atoms. The van der Waals surface area contributed by atoms with Crippen molar-refractivity contribution in [3.63, 3.8) is 0 Å². The summed E-state index contributed by atoms with van der Waals surface area (Å²) in [5, 5.41) is 0. The summed E-state index contributed by atoms with van der Waals surface area (Å²) < 4.78 is 44.5. The van der Waals surface area contributed by atoms with Crippen molar-refractivity contribution < 1.29 is 27.4 Å². The summed E-state index contributed by atoms with van der Waals surface area (Å²) in [7, 11) is -2.40. The van der Waals surface area contributed by atoms with Gasteiger partial charge in [-0.2, -0.15) is 4.31 Å². The summed E-state index contributed by atoms with van der Waals surface area (Å²) in [6.07, 6.45) is -0.383. The maximum atomic E-state index is 13.4. The molecule has 9 heteroatoms. The number of carbonyl (C=O) groups is 1. The first kappa shape index (κ1) is 22.7. The Bertz CT molecular complexity index is 1050. The van der Waals surface area contributed by atoms with Crippen molar-refractivity contribution in [2.24, 2.45) is 0 Å². The fourth-order valence-corrected chi connectivity index (χ4v) is 5.68. The number of amides is 1. The summed E-state index contributed by atoms with van der Waals surface area (Å²) in [5.41, 5.74) is 1.31. The van der Waals surface area contributed by atoms with Gasteiger partial charge in [-0.05, 0) is 30.7 Å². The first-order valence-electron chi connectivity index (χ1n) is 10.7. The lowest BCUT2D eigenvalue weighted by atomic mass is 10.1. The van der Waals surface area contributed by atoms with Gasteiger partial charge in [-0.1, -0.05) is 30.3 Å². The van der Waals surface area contributed by atoms with Gasteiger partial charge in [0.05, 0.1) is 33.0 Å². The van der Waals surface area contributed by atoms with Gasteiger partial charge in [0.2, 0.25) is 10.0 Å². The molecule has 2 fully saturated rings. The molecule has 2 heterocycles. The van der Waals surface area contributed by atoms with Crippen molar-refractivity contribution in [2.45, 2.75) is 24.0 Å². The van der Waals surface area contributed by atoms with E-state index in [9.17, 15) is 13.2 Å². The second-order valence-electron chi connectivity index (χ2n) is 7.94. The Morgan fingerprint density at radius 1 is 1.06 bits per heavy atom. The van der Waals surface area contributed by atoms with Crippen LogP contribution in [0.15, 0.2) is 53.4 Å². The Hall–Kier alpha value is -2.46. The molecule has 0 aromatic heterocycles. The molecular formula is C23H28N2O6S. The van der Waals surface area contributed by atoms with Crippen LogP contribution in [0.3, 0.4) is 0 Å². The lowest BCUT2D eigenvalue weighted by molar-refractivity contribution is -0.0691. The lowest BCUT2D eigenvalue weighted by Gasteiger charge is -2.37. The maximum absolute atomic E-state index is 13.4.